The van der Waals surface area contributed by atoms with Crippen molar-refractivity contribution in [3.8, 4) is 0 Å². The summed E-state index contributed by atoms with van der Waals surface area (Å²) in [6.07, 6.45) is 77.3. The van der Waals surface area contributed by atoms with Crippen LogP contribution in [0.2, 0.25) is 0 Å². The first-order valence-electron chi connectivity index (χ1n) is 29.1. The van der Waals surface area contributed by atoms with Gasteiger partial charge >= 0.3 is 5.97 Å². The molecule has 0 saturated carbocycles. The van der Waals surface area contributed by atoms with Crippen LogP contribution in [-0.2, 0) is 14.3 Å². The highest BCUT2D eigenvalue weighted by Gasteiger charge is 2.24. The summed E-state index contributed by atoms with van der Waals surface area (Å²) >= 11 is 0. The van der Waals surface area contributed by atoms with E-state index in [0.29, 0.717) is 19.3 Å². The van der Waals surface area contributed by atoms with Gasteiger partial charge in [-0.2, -0.15) is 0 Å². The van der Waals surface area contributed by atoms with Crippen LogP contribution in [-0.4, -0.2) is 46.9 Å². The van der Waals surface area contributed by atoms with Gasteiger partial charge in [-0.25, -0.2) is 0 Å². The van der Waals surface area contributed by atoms with Gasteiger partial charge in [0, 0.05) is 6.42 Å². The third-order valence-corrected chi connectivity index (χ3v) is 12.6. The van der Waals surface area contributed by atoms with Crippen molar-refractivity contribution >= 4 is 11.9 Å². The monoisotopic (exact) mass is 972 g/mol. The van der Waals surface area contributed by atoms with Crippen molar-refractivity contribution in [2.24, 2.45) is 0 Å². The van der Waals surface area contributed by atoms with Crippen molar-refractivity contribution in [1.29, 1.82) is 0 Å². The third-order valence-electron chi connectivity index (χ3n) is 12.6. The van der Waals surface area contributed by atoms with E-state index in [1.807, 2.05) is 6.08 Å². The number of carbonyl (C=O) groups is 2. The molecule has 0 rings (SSSR count). The number of hydrogen-bond donors (Lipinski definition) is 3. The van der Waals surface area contributed by atoms with Gasteiger partial charge in [0.05, 0.1) is 25.2 Å². The second-order valence-corrected chi connectivity index (χ2v) is 19.3. The van der Waals surface area contributed by atoms with Crippen molar-refractivity contribution < 1.29 is 24.5 Å². The molecule has 6 heteroatoms. The molecule has 3 atom stereocenters. The first-order chi connectivity index (χ1) is 34.5. The molecule has 1 amide bonds. The summed E-state index contributed by atoms with van der Waals surface area (Å²) in [5, 5.41) is 23.9. The zero-order valence-corrected chi connectivity index (χ0v) is 45.6. The fourth-order valence-corrected chi connectivity index (χ4v) is 8.23. The van der Waals surface area contributed by atoms with E-state index < -0.39 is 18.2 Å². The number of carbonyl (C=O) groups excluding carboxylic acids is 2. The molecule has 0 heterocycles. The molecule has 0 aliphatic rings. The number of aliphatic hydroxyl groups is 2. The molecule has 0 spiro atoms. The molecule has 6 nitrogen and oxygen atoms in total. The smallest absolute Gasteiger partial charge is 0.306 e. The lowest BCUT2D eigenvalue weighted by atomic mass is 10.0. The predicted octanol–water partition coefficient (Wildman–Crippen LogP) is 18.2. The Morgan fingerprint density at radius 3 is 1.20 bits per heavy atom. The van der Waals surface area contributed by atoms with E-state index in [4.69, 9.17) is 4.74 Å². The van der Waals surface area contributed by atoms with Crippen LogP contribution < -0.4 is 5.32 Å². The molecule has 70 heavy (non-hydrogen) atoms. The Morgan fingerprint density at radius 1 is 0.429 bits per heavy atom. The molecule has 0 aromatic carbocycles. The molecule has 0 aromatic heterocycles. The maximum Gasteiger partial charge on any atom is 0.306 e. The molecule has 0 aromatic rings. The summed E-state index contributed by atoms with van der Waals surface area (Å²) in [7, 11) is 0. The minimum absolute atomic E-state index is 0.0265. The van der Waals surface area contributed by atoms with Gasteiger partial charge in [-0.1, -0.05) is 252 Å². The van der Waals surface area contributed by atoms with E-state index in [-0.39, 0.29) is 31.3 Å². The first kappa shape index (κ1) is 66.5. The largest absolute Gasteiger partial charge is 0.462 e. The van der Waals surface area contributed by atoms with E-state index >= 15 is 0 Å². The number of allylic oxidation sites excluding steroid dienone is 18. The molecule has 400 valence electrons. The minimum Gasteiger partial charge on any atom is -0.462 e. The molecule has 0 saturated heterocycles. The number of esters is 1. The molecule has 3 N–H and O–H groups in total. The van der Waals surface area contributed by atoms with Gasteiger partial charge < -0.3 is 20.3 Å². The minimum atomic E-state index is -0.814. The van der Waals surface area contributed by atoms with Crippen molar-refractivity contribution in [3.63, 3.8) is 0 Å². The SMILES string of the molecule is CC/C=C\C/C=C\C/C=C\C/C=C\C/C=C\C/C=C\CCC(=O)OC(CCCCCC/C=C\C/C=C\C/C=C\CCCCC)CC(=O)NC(CO)C(O)CCCCCCCCCCCCCCCCC. The fourth-order valence-electron chi connectivity index (χ4n) is 8.23. The normalized spacial score (nSPS) is 14.0. The molecule has 3 unspecified atom stereocenters. The Hall–Kier alpha value is -3.48. The maximum atomic E-state index is 13.3. The Bertz CT molecular complexity index is 1420. The van der Waals surface area contributed by atoms with Crippen LogP contribution in [0.4, 0.5) is 0 Å². The summed E-state index contributed by atoms with van der Waals surface area (Å²) < 4.78 is 5.91. The average molecular weight is 973 g/mol. The van der Waals surface area contributed by atoms with Gasteiger partial charge in [-0.15, -0.1) is 0 Å². The van der Waals surface area contributed by atoms with Gasteiger partial charge in [0.15, 0.2) is 0 Å². The van der Waals surface area contributed by atoms with E-state index in [2.05, 4.69) is 129 Å². The van der Waals surface area contributed by atoms with Gasteiger partial charge in [0.25, 0.3) is 0 Å². The Kier molecular flexibility index (Phi) is 53.6. The highest BCUT2D eigenvalue weighted by molar-refractivity contribution is 5.77. The van der Waals surface area contributed by atoms with Crippen LogP contribution in [0.25, 0.3) is 0 Å². The standard InChI is InChI=1S/C64H109NO5/c1-4-7-10-13-16-19-22-25-28-30-31-33-36-39-42-45-48-51-54-57-64(69)70-60(55-52-49-46-43-40-37-35-32-29-26-23-20-17-14-11-8-5-2)58-63(68)65-61(59-66)62(67)56-53-50-47-44-41-38-34-27-24-21-18-15-12-9-6-3/h7,10,16-17,19-20,25-26,28-29,31,33,35,37,39,42,48,51,60-62,66-67H,4-6,8-9,11-15,18,21-24,27,30,32,34,36,38,40-41,43-47,49-50,52-59H2,1-3H3,(H,65,68)/b10-7-,19-16-,20-17-,28-25-,29-26-,33-31-,37-35-,42-39-,51-48-. The third kappa shape index (κ3) is 50.9. The second kappa shape index (κ2) is 56.4. The van der Waals surface area contributed by atoms with Crippen LogP contribution in [0.5, 0.6) is 0 Å². The zero-order chi connectivity index (χ0) is 50.9. The predicted molar refractivity (Wildman–Crippen MR) is 305 cm³/mol. The van der Waals surface area contributed by atoms with E-state index in [1.165, 1.54) is 103 Å². The Labute approximate surface area is 432 Å². The number of amides is 1. The van der Waals surface area contributed by atoms with Gasteiger partial charge in [-0.05, 0) is 103 Å². The van der Waals surface area contributed by atoms with E-state index in [1.54, 1.807) is 0 Å². The van der Waals surface area contributed by atoms with Crippen molar-refractivity contribution in [1.82, 2.24) is 5.32 Å². The number of unbranched alkanes of at least 4 members (excludes halogenated alkanes) is 21. The van der Waals surface area contributed by atoms with Crippen LogP contribution in [0.3, 0.4) is 0 Å². The Morgan fingerprint density at radius 2 is 0.771 bits per heavy atom. The molecular weight excluding hydrogens is 863 g/mol. The average Bonchev–Trinajstić information content (AvgIpc) is 3.35. The first-order valence-corrected chi connectivity index (χ1v) is 29.1. The summed E-state index contributed by atoms with van der Waals surface area (Å²) in [6.45, 7) is 6.33. The summed E-state index contributed by atoms with van der Waals surface area (Å²) in [5.41, 5.74) is 0. The molecule has 0 fully saturated rings. The Balaban J connectivity index is 4.75. The highest BCUT2D eigenvalue weighted by atomic mass is 16.5. The van der Waals surface area contributed by atoms with Crippen molar-refractivity contribution in [2.45, 2.75) is 277 Å². The number of nitrogens with one attached hydrogen (secondary N) is 1. The number of aliphatic hydroxyl groups excluding tert-OH is 2. The lowest BCUT2D eigenvalue weighted by molar-refractivity contribution is -0.150. The van der Waals surface area contributed by atoms with Gasteiger partial charge in [0.1, 0.15) is 6.10 Å². The lowest BCUT2D eigenvalue weighted by Gasteiger charge is -2.24. The quantitative estimate of drug-likeness (QED) is 0.0321. The van der Waals surface area contributed by atoms with E-state index in [9.17, 15) is 19.8 Å². The fraction of sp³-hybridized carbons (Fsp3) is 0.688. The summed E-state index contributed by atoms with van der Waals surface area (Å²) in [5.74, 6) is -0.599. The van der Waals surface area contributed by atoms with Crippen LogP contribution in [0, 0.1) is 0 Å². The highest BCUT2D eigenvalue weighted by Crippen LogP contribution is 2.17. The maximum absolute atomic E-state index is 13.3. The van der Waals surface area contributed by atoms with Crippen LogP contribution in [0.1, 0.15) is 258 Å². The van der Waals surface area contributed by atoms with E-state index in [0.717, 1.165) is 103 Å². The van der Waals surface area contributed by atoms with Crippen molar-refractivity contribution in [2.75, 3.05) is 6.61 Å². The molecule has 0 aliphatic heterocycles. The second-order valence-electron chi connectivity index (χ2n) is 19.3. The molecule has 0 aliphatic carbocycles. The van der Waals surface area contributed by atoms with Crippen LogP contribution in [0.15, 0.2) is 109 Å². The lowest BCUT2D eigenvalue weighted by Crippen LogP contribution is -2.46. The number of ether oxygens (including phenoxy) is 1. The zero-order valence-electron chi connectivity index (χ0n) is 45.6. The molecular formula is C64H109NO5. The van der Waals surface area contributed by atoms with Crippen LogP contribution >= 0.6 is 0 Å². The summed E-state index contributed by atoms with van der Waals surface area (Å²) in [6, 6.07) is -0.732. The number of rotatable bonds is 51. The van der Waals surface area contributed by atoms with Gasteiger partial charge in [0.2, 0.25) is 5.91 Å². The van der Waals surface area contributed by atoms with Crippen molar-refractivity contribution in [3.05, 3.63) is 109 Å². The number of hydrogen-bond acceptors (Lipinski definition) is 5. The molecule has 0 radical (unpaired) electrons. The molecule has 0 bridgehead atoms. The van der Waals surface area contributed by atoms with Gasteiger partial charge in [-0.3, -0.25) is 9.59 Å². The summed E-state index contributed by atoms with van der Waals surface area (Å²) in [4.78, 5) is 26.3. The topological polar surface area (TPSA) is 95.9 Å².